The minimum atomic E-state index is -3.96. The Balaban J connectivity index is 2.88. The highest BCUT2D eigenvalue weighted by Gasteiger charge is 2.26. The van der Waals surface area contributed by atoms with E-state index in [-0.39, 0.29) is 29.3 Å². The highest BCUT2D eigenvalue weighted by Crippen LogP contribution is 2.20. The maximum Gasteiger partial charge on any atom is 0.303 e. The van der Waals surface area contributed by atoms with Crippen molar-refractivity contribution in [2.45, 2.75) is 44.0 Å². The van der Waals surface area contributed by atoms with E-state index in [0.717, 1.165) is 6.07 Å². The van der Waals surface area contributed by atoms with Crippen LogP contribution in [0, 0.1) is 6.92 Å². The number of aliphatic carboxylic acids is 1. The Kier molecular flexibility index (Phi) is 4.79. The molecule has 9 heteroatoms. The van der Waals surface area contributed by atoms with E-state index in [2.05, 4.69) is 5.32 Å². The Labute approximate surface area is 122 Å². The molecule has 0 atom stereocenters. The van der Waals surface area contributed by atoms with Gasteiger partial charge in [-0.3, -0.25) is 9.59 Å². The quantitative estimate of drug-likeness (QED) is 0.702. The Bertz CT molecular complexity index is 659. The lowest BCUT2D eigenvalue weighted by Crippen LogP contribution is -2.43. The SMILES string of the molecule is Cc1oc(C(=O)NC(C)(C)CCC(=O)O)cc1S(N)(=O)=O. The molecule has 0 saturated carbocycles. The van der Waals surface area contributed by atoms with E-state index < -0.39 is 27.4 Å². The molecule has 1 heterocycles. The molecule has 1 rings (SSSR count). The van der Waals surface area contributed by atoms with Crippen molar-refractivity contribution in [3.05, 3.63) is 17.6 Å². The van der Waals surface area contributed by atoms with Gasteiger partial charge in [0, 0.05) is 18.0 Å². The fourth-order valence-corrected chi connectivity index (χ4v) is 2.42. The highest BCUT2D eigenvalue weighted by atomic mass is 32.2. The van der Waals surface area contributed by atoms with Crippen LogP contribution in [0.3, 0.4) is 0 Å². The molecule has 1 aromatic rings. The molecule has 1 aromatic heterocycles. The largest absolute Gasteiger partial charge is 0.481 e. The molecule has 0 unspecified atom stereocenters. The van der Waals surface area contributed by atoms with E-state index in [1.807, 2.05) is 0 Å². The van der Waals surface area contributed by atoms with Crippen molar-refractivity contribution >= 4 is 21.9 Å². The number of carboxylic acids is 1. The van der Waals surface area contributed by atoms with E-state index in [4.69, 9.17) is 14.7 Å². The zero-order chi connectivity index (χ0) is 16.4. The number of carboxylic acid groups (broad SMARTS) is 1. The van der Waals surface area contributed by atoms with Crippen molar-refractivity contribution in [1.82, 2.24) is 5.32 Å². The Hall–Kier alpha value is -1.87. The van der Waals surface area contributed by atoms with Crippen LogP contribution in [0.2, 0.25) is 0 Å². The number of sulfonamides is 1. The molecule has 0 aliphatic heterocycles. The third kappa shape index (κ3) is 4.87. The highest BCUT2D eigenvalue weighted by molar-refractivity contribution is 7.89. The van der Waals surface area contributed by atoms with Crippen LogP contribution in [0.1, 0.15) is 43.0 Å². The summed E-state index contributed by atoms with van der Waals surface area (Å²) in [4.78, 5) is 22.3. The van der Waals surface area contributed by atoms with Crippen molar-refractivity contribution < 1.29 is 27.5 Å². The van der Waals surface area contributed by atoms with Gasteiger partial charge in [0.25, 0.3) is 5.91 Å². The Morgan fingerprint density at radius 1 is 1.43 bits per heavy atom. The van der Waals surface area contributed by atoms with Crippen molar-refractivity contribution in [2.75, 3.05) is 0 Å². The molecule has 0 spiro atoms. The van der Waals surface area contributed by atoms with Crippen LogP contribution in [0.15, 0.2) is 15.4 Å². The lowest BCUT2D eigenvalue weighted by molar-refractivity contribution is -0.137. The van der Waals surface area contributed by atoms with Crippen molar-refractivity contribution in [3.63, 3.8) is 0 Å². The van der Waals surface area contributed by atoms with Gasteiger partial charge in [-0.05, 0) is 27.2 Å². The van der Waals surface area contributed by atoms with Crippen LogP contribution in [0.4, 0.5) is 0 Å². The third-order valence-electron chi connectivity index (χ3n) is 2.82. The van der Waals surface area contributed by atoms with E-state index >= 15 is 0 Å². The van der Waals surface area contributed by atoms with Gasteiger partial charge in [0.1, 0.15) is 10.7 Å². The minimum absolute atomic E-state index is 0.0194. The van der Waals surface area contributed by atoms with Crippen LogP contribution >= 0.6 is 0 Å². The van der Waals surface area contributed by atoms with Gasteiger partial charge in [0.15, 0.2) is 5.76 Å². The third-order valence-corrected chi connectivity index (χ3v) is 3.84. The lowest BCUT2D eigenvalue weighted by Gasteiger charge is -2.24. The second kappa shape index (κ2) is 5.86. The first kappa shape index (κ1) is 17.2. The maximum absolute atomic E-state index is 12.0. The molecule has 118 valence electrons. The number of hydrogen-bond acceptors (Lipinski definition) is 5. The number of rotatable bonds is 6. The van der Waals surface area contributed by atoms with Gasteiger partial charge in [-0.1, -0.05) is 0 Å². The van der Waals surface area contributed by atoms with Gasteiger partial charge in [0.2, 0.25) is 10.0 Å². The van der Waals surface area contributed by atoms with Gasteiger partial charge < -0.3 is 14.8 Å². The number of aryl methyl sites for hydroxylation is 1. The number of carbonyl (C=O) groups is 2. The summed E-state index contributed by atoms with van der Waals surface area (Å²) in [6, 6.07) is 1.05. The second-order valence-corrected chi connectivity index (χ2v) is 6.84. The molecule has 8 nitrogen and oxygen atoms in total. The molecule has 0 fully saturated rings. The molecule has 1 amide bonds. The van der Waals surface area contributed by atoms with Crippen LogP contribution in [0.5, 0.6) is 0 Å². The second-order valence-electron chi connectivity index (χ2n) is 5.31. The molecule has 0 aliphatic carbocycles. The average Bonchev–Trinajstić information content (AvgIpc) is 2.68. The monoisotopic (exact) mass is 318 g/mol. The predicted molar refractivity (Wildman–Crippen MR) is 73.2 cm³/mol. The summed E-state index contributed by atoms with van der Waals surface area (Å²) in [6.45, 7) is 4.69. The van der Waals surface area contributed by atoms with Crippen LogP contribution < -0.4 is 10.5 Å². The fraction of sp³-hybridized carbons (Fsp3) is 0.500. The minimum Gasteiger partial charge on any atom is -0.481 e. The Morgan fingerprint density at radius 2 is 2.00 bits per heavy atom. The summed E-state index contributed by atoms with van der Waals surface area (Å²) in [6.07, 6.45) is 0.114. The molecule has 0 bridgehead atoms. The number of carbonyl (C=O) groups excluding carboxylic acids is 1. The standard InChI is InChI=1S/C12H18N2O6S/c1-7-9(21(13,18)19)6-8(20-7)11(17)14-12(2,3)5-4-10(15)16/h6H,4-5H2,1-3H3,(H,14,17)(H,15,16)(H2,13,18,19). The predicted octanol–water partition coefficient (Wildman–Crippen LogP) is 0.609. The zero-order valence-corrected chi connectivity index (χ0v) is 12.8. The molecule has 4 N–H and O–H groups in total. The van der Waals surface area contributed by atoms with Gasteiger partial charge in [-0.15, -0.1) is 0 Å². The van der Waals surface area contributed by atoms with Gasteiger partial charge in [-0.2, -0.15) is 0 Å². The van der Waals surface area contributed by atoms with Gasteiger partial charge >= 0.3 is 5.97 Å². The summed E-state index contributed by atoms with van der Waals surface area (Å²) in [5.74, 6) is -1.78. The summed E-state index contributed by atoms with van der Waals surface area (Å²) in [7, 11) is -3.96. The van der Waals surface area contributed by atoms with Crippen LogP contribution in [-0.2, 0) is 14.8 Å². The molecule has 0 aromatic carbocycles. The van der Waals surface area contributed by atoms with Crippen molar-refractivity contribution in [3.8, 4) is 0 Å². The average molecular weight is 318 g/mol. The van der Waals surface area contributed by atoms with E-state index in [0.29, 0.717) is 0 Å². The van der Waals surface area contributed by atoms with Crippen molar-refractivity contribution in [2.24, 2.45) is 5.14 Å². The topological polar surface area (TPSA) is 140 Å². The first-order valence-electron chi connectivity index (χ1n) is 6.10. The summed E-state index contributed by atoms with van der Waals surface area (Å²) in [5, 5.41) is 16.2. The lowest BCUT2D eigenvalue weighted by atomic mass is 9.98. The van der Waals surface area contributed by atoms with Gasteiger partial charge in [0.05, 0.1) is 0 Å². The molecular formula is C12H18N2O6S. The molecule has 0 saturated heterocycles. The first-order chi connectivity index (χ1) is 9.42. The normalized spacial score (nSPS) is 12.2. The van der Waals surface area contributed by atoms with E-state index in [1.54, 1.807) is 13.8 Å². The fourth-order valence-electron chi connectivity index (χ4n) is 1.71. The molecular weight excluding hydrogens is 300 g/mol. The summed E-state index contributed by atoms with van der Waals surface area (Å²) < 4.78 is 27.6. The number of nitrogens with one attached hydrogen (secondary N) is 1. The first-order valence-corrected chi connectivity index (χ1v) is 7.64. The Morgan fingerprint density at radius 3 is 2.43 bits per heavy atom. The maximum atomic E-state index is 12.0. The number of nitrogens with two attached hydrogens (primary N) is 1. The molecule has 0 aliphatic rings. The van der Waals surface area contributed by atoms with Crippen LogP contribution in [-0.4, -0.2) is 30.9 Å². The number of primary sulfonamides is 1. The van der Waals surface area contributed by atoms with E-state index in [1.165, 1.54) is 6.92 Å². The van der Waals surface area contributed by atoms with E-state index in [9.17, 15) is 18.0 Å². The summed E-state index contributed by atoms with van der Waals surface area (Å²) >= 11 is 0. The zero-order valence-electron chi connectivity index (χ0n) is 12.0. The van der Waals surface area contributed by atoms with Crippen molar-refractivity contribution in [1.29, 1.82) is 0 Å². The van der Waals surface area contributed by atoms with Crippen LogP contribution in [0.25, 0.3) is 0 Å². The molecule has 0 radical (unpaired) electrons. The molecule has 21 heavy (non-hydrogen) atoms. The number of amides is 1. The smallest absolute Gasteiger partial charge is 0.303 e. The number of furan rings is 1. The number of hydrogen-bond donors (Lipinski definition) is 3. The van der Waals surface area contributed by atoms with Gasteiger partial charge in [-0.25, -0.2) is 13.6 Å². The summed E-state index contributed by atoms with van der Waals surface area (Å²) in [5.41, 5.74) is -0.780.